The number of amides is 1. The Morgan fingerprint density at radius 3 is 2.77 bits per heavy atom. The normalized spacial score (nSPS) is 9.77. The van der Waals surface area contributed by atoms with Crippen LogP contribution < -0.4 is 0 Å². The summed E-state index contributed by atoms with van der Waals surface area (Å²) in [5.41, 5.74) is 0.667. The van der Waals surface area contributed by atoms with Crippen molar-refractivity contribution in [3.05, 3.63) is 23.9 Å². The Labute approximate surface area is 82.2 Å². The van der Waals surface area contributed by atoms with E-state index in [0.717, 1.165) is 5.03 Å². The second-order valence-electron chi connectivity index (χ2n) is 2.76. The molecule has 0 fully saturated rings. The quantitative estimate of drug-likeness (QED) is 0.672. The number of thioether (sulfide) groups is 1. The van der Waals surface area contributed by atoms with Gasteiger partial charge in [-0.3, -0.25) is 4.79 Å². The smallest absolute Gasteiger partial charge is 0.256 e. The van der Waals surface area contributed by atoms with Crippen molar-refractivity contribution in [2.45, 2.75) is 5.03 Å². The van der Waals surface area contributed by atoms with E-state index >= 15 is 0 Å². The molecule has 0 saturated carbocycles. The van der Waals surface area contributed by atoms with Crippen molar-refractivity contribution < 1.29 is 4.79 Å². The summed E-state index contributed by atoms with van der Waals surface area (Å²) in [4.78, 5) is 17.3. The highest BCUT2D eigenvalue weighted by Crippen LogP contribution is 2.17. The zero-order valence-electron chi connectivity index (χ0n) is 7.94. The second-order valence-corrected chi connectivity index (χ2v) is 3.55. The van der Waals surface area contributed by atoms with Crippen molar-refractivity contribution in [2.75, 3.05) is 20.4 Å². The molecule has 0 N–H and O–H groups in total. The average molecular weight is 196 g/mol. The lowest BCUT2D eigenvalue weighted by atomic mass is 10.2. The standard InChI is InChI=1S/C9H12N2OS/c1-11(2)9(12)7-5-4-6-10-8(7)13-3/h4-6H,1-3H3. The number of hydrogen-bond donors (Lipinski definition) is 0. The zero-order chi connectivity index (χ0) is 9.84. The van der Waals surface area contributed by atoms with E-state index in [1.54, 1.807) is 37.3 Å². The van der Waals surface area contributed by atoms with Gasteiger partial charge in [0.05, 0.1) is 5.56 Å². The van der Waals surface area contributed by atoms with Crippen molar-refractivity contribution in [2.24, 2.45) is 0 Å². The number of carbonyl (C=O) groups excluding carboxylic acids is 1. The van der Waals surface area contributed by atoms with Gasteiger partial charge in [0.15, 0.2) is 0 Å². The molecule has 0 saturated heterocycles. The van der Waals surface area contributed by atoms with E-state index in [4.69, 9.17) is 0 Å². The maximum absolute atomic E-state index is 11.6. The van der Waals surface area contributed by atoms with E-state index in [9.17, 15) is 4.79 Å². The molecule has 0 radical (unpaired) electrons. The third-order valence-corrected chi connectivity index (χ3v) is 2.31. The maximum Gasteiger partial charge on any atom is 0.256 e. The molecule has 0 unspecified atom stereocenters. The van der Waals surface area contributed by atoms with Crippen LogP contribution in [0.5, 0.6) is 0 Å². The van der Waals surface area contributed by atoms with Crippen LogP contribution in [0.1, 0.15) is 10.4 Å². The predicted octanol–water partition coefficient (Wildman–Crippen LogP) is 1.51. The fourth-order valence-electron chi connectivity index (χ4n) is 0.957. The summed E-state index contributed by atoms with van der Waals surface area (Å²) >= 11 is 1.48. The predicted molar refractivity (Wildman–Crippen MR) is 54.0 cm³/mol. The molecule has 0 bridgehead atoms. The number of hydrogen-bond acceptors (Lipinski definition) is 3. The molecule has 4 heteroatoms. The fraction of sp³-hybridized carbons (Fsp3) is 0.333. The highest BCUT2D eigenvalue weighted by atomic mass is 32.2. The number of carbonyl (C=O) groups is 1. The van der Waals surface area contributed by atoms with Gasteiger partial charge in [0.2, 0.25) is 0 Å². The van der Waals surface area contributed by atoms with Crippen LogP contribution in [-0.4, -0.2) is 36.1 Å². The van der Waals surface area contributed by atoms with Crippen LogP contribution in [0.2, 0.25) is 0 Å². The van der Waals surface area contributed by atoms with Gasteiger partial charge in [-0.1, -0.05) is 0 Å². The Balaban J connectivity index is 3.06. The maximum atomic E-state index is 11.6. The van der Waals surface area contributed by atoms with Crippen LogP contribution in [0, 0.1) is 0 Å². The van der Waals surface area contributed by atoms with E-state index in [1.807, 2.05) is 6.26 Å². The van der Waals surface area contributed by atoms with Crippen molar-refractivity contribution in [1.82, 2.24) is 9.88 Å². The summed E-state index contributed by atoms with van der Waals surface area (Å²) in [7, 11) is 3.47. The Bertz CT molecular complexity index is 312. The number of pyridine rings is 1. The fourth-order valence-corrected chi connectivity index (χ4v) is 1.50. The first kappa shape index (κ1) is 10.1. The molecule has 3 nitrogen and oxygen atoms in total. The van der Waals surface area contributed by atoms with Crippen molar-refractivity contribution in [3.63, 3.8) is 0 Å². The third-order valence-electron chi connectivity index (χ3n) is 1.60. The average Bonchev–Trinajstić information content (AvgIpc) is 2.16. The summed E-state index contributed by atoms with van der Waals surface area (Å²) in [5.74, 6) is -0.00236. The first-order valence-corrected chi connectivity index (χ1v) is 5.10. The van der Waals surface area contributed by atoms with E-state index in [1.165, 1.54) is 11.8 Å². The minimum atomic E-state index is -0.00236. The van der Waals surface area contributed by atoms with Gasteiger partial charge in [0.1, 0.15) is 5.03 Å². The molecule has 1 heterocycles. The summed E-state index contributed by atoms with van der Waals surface area (Å²) in [6.07, 6.45) is 3.60. The van der Waals surface area contributed by atoms with Gasteiger partial charge in [-0.25, -0.2) is 4.98 Å². The molecule has 1 aromatic rings. The third kappa shape index (κ3) is 2.21. The van der Waals surface area contributed by atoms with Gasteiger partial charge in [-0.15, -0.1) is 11.8 Å². The summed E-state index contributed by atoms with van der Waals surface area (Å²) in [6, 6.07) is 3.57. The molecule has 0 aliphatic rings. The molecule has 1 aromatic heterocycles. The summed E-state index contributed by atoms with van der Waals surface area (Å²) in [6.45, 7) is 0. The Morgan fingerprint density at radius 1 is 1.54 bits per heavy atom. The molecule has 1 rings (SSSR count). The molecule has 70 valence electrons. The Hall–Kier alpha value is -1.03. The highest BCUT2D eigenvalue weighted by Gasteiger charge is 2.12. The molecule has 0 atom stereocenters. The largest absolute Gasteiger partial charge is 0.345 e. The van der Waals surface area contributed by atoms with Gasteiger partial charge < -0.3 is 4.90 Å². The number of aromatic nitrogens is 1. The topological polar surface area (TPSA) is 33.2 Å². The molecule has 0 spiro atoms. The molecule has 0 aromatic carbocycles. The van der Waals surface area contributed by atoms with Crippen LogP contribution in [0.25, 0.3) is 0 Å². The van der Waals surface area contributed by atoms with Crippen LogP contribution in [0.15, 0.2) is 23.4 Å². The minimum Gasteiger partial charge on any atom is -0.345 e. The molecular formula is C9H12N2OS. The molecular weight excluding hydrogens is 184 g/mol. The van der Waals surface area contributed by atoms with Crippen molar-refractivity contribution in [3.8, 4) is 0 Å². The summed E-state index contributed by atoms with van der Waals surface area (Å²) < 4.78 is 0. The van der Waals surface area contributed by atoms with Crippen LogP contribution >= 0.6 is 11.8 Å². The molecule has 0 aliphatic carbocycles. The van der Waals surface area contributed by atoms with E-state index in [-0.39, 0.29) is 5.91 Å². The molecule has 13 heavy (non-hydrogen) atoms. The minimum absolute atomic E-state index is 0.00236. The molecule has 0 aliphatic heterocycles. The van der Waals surface area contributed by atoms with Crippen LogP contribution in [0.4, 0.5) is 0 Å². The number of nitrogens with zero attached hydrogens (tertiary/aromatic N) is 2. The lowest BCUT2D eigenvalue weighted by molar-refractivity contribution is 0.0823. The van der Waals surface area contributed by atoms with E-state index in [0.29, 0.717) is 5.56 Å². The number of rotatable bonds is 2. The van der Waals surface area contributed by atoms with Crippen LogP contribution in [0.3, 0.4) is 0 Å². The molecule has 1 amide bonds. The van der Waals surface area contributed by atoms with Crippen molar-refractivity contribution in [1.29, 1.82) is 0 Å². The van der Waals surface area contributed by atoms with E-state index < -0.39 is 0 Å². The highest BCUT2D eigenvalue weighted by molar-refractivity contribution is 7.98. The van der Waals surface area contributed by atoms with Gasteiger partial charge in [0, 0.05) is 20.3 Å². The SMILES string of the molecule is CSc1ncccc1C(=O)N(C)C. The van der Waals surface area contributed by atoms with Crippen LogP contribution in [-0.2, 0) is 0 Å². The van der Waals surface area contributed by atoms with Gasteiger partial charge in [-0.2, -0.15) is 0 Å². The van der Waals surface area contributed by atoms with Gasteiger partial charge in [-0.05, 0) is 18.4 Å². The van der Waals surface area contributed by atoms with Gasteiger partial charge >= 0.3 is 0 Å². The Morgan fingerprint density at radius 2 is 2.23 bits per heavy atom. The van der Waals surface area contributed by atoms with E-state index in [2.05, 4.69) is 4.98 Å². The van der Waals surface area contributed by atoms with Gasteiger partial charge in [0.25, 0.3) is 5.91 Å². The van der Waals surface area contributed by atoms with Crippen molar-refractivity contribution >= 4 is 17.7 Å². The first-order chi connectivity index (χ1) is 6.16. The lowest BCUT2D eigenvalue weighted by Crippen LogP contribution is -2.22. The lowest BCUT2D eigenvalue weighted by Gasteiger charge is -2.11. The first-order valence-electron chi connectivity index (χ1n) is 3.87. The zero-order valence-corrected chi connectivity index (χ0v) is 8.76. The summed E-state index contributed by atoms with van der Waals surface area (Å²) in [5, 5.41) is 0.779. The second kappa shape index (κ2) is 4.28. The monoisotopic (exact) mass is 196 g/mol. The Kier molecular flexibility index (Phi) is 3.31.